The maximum Gasteiger partial charge on any atom is 0.411 e. The van der Waals surface area contributed by atoms with Crippen LogP contribution in [0.4, 0.5) is 14.9 Å². The number of anilines is 1. The van der Waals surface area contributed by atoms with Gasteiger partial charge in [0, 0.05) is 13.5 Å². The fraction of sp³-hybridized carbons (Fsp3) is 0.652. The van der Waals surface area contributed by atoms with E-state index in [1.54, 1.807) is 20.8 Å². The van der Waals surface area contributed by atoms with E-state index in [2.05, 4.69) is 5.32 Å². The van der Waals surface area contributed by atoms with Crippen LogP contribution in [0.1, 0.15) is 64.5 Å². The third-order valence-electron chi connectivity index (χ3n) is 5.71. The number of aliphatic hydroxyl groups excluding tert-OH is 1. The first kappa shape index (κ1) is 23.5. The van der Waals surface area contributed by atoms with Gasteiger partial charge in [0.2, 0.25) is 5.91 Å². The minimum atomic E-state index is -0.845. The number of ether oxygens (including phenoxy) is 2. The molecule has 1 aliphatic carbocycles. The molecule has 3 rings (SSSR count). The maximum atomic E-state index is 14.4. The van der Waals surface area contributed by atoms with Gasteiger partial charge in [-0.25, -0.2) is 9.18 Å². The van der Waals surface area contributed by atoms with Crippen molar-refractivity contribution < 1.29 is 28.6 Å². The second kappa shape index (κ2) is 9.53. The first-order valence-corrected chi connectivity index (χ1v) is 10.9. The van der Waals surface area contributed by atoms with Gasteiger partial charge in [-0.3, -0.25) is 9.69 Å². The van der Waals surface area contributed by atoms with Gasteiger partial charge in [0.15, 0.2) is 0 Å². The van der Waals surface area contributed by atoms with E-state index in [1.165, 1.54) is 43.1 Å². The van der Waals surface area contributed by atoms with Gasteiger partial charge in [-0.1, -0.05) is 18.9 Å². The molecule has 172 valence electrons. The predicted molar refractivity (Wildman–Crippen MR) is 114 cm³/mol. The molecule has 1 saturated carbocycles. The van der Waals surface area contributed by atoms with Crippen molar-refractivity contribution in [1.29, 1.82) is 0 Å². The minimum Gasteiger partial charge on any atom is -0.444 e. The van der Waals surface area contributed by atoms with Crippen LogP contribution in [0.5, 0.6) is 0 Å². The summed E-state index contributed by atoms with van der Waals surface area (Å²) in [7, 11) is 1.52. The highest BCUT2D eigenvalue weighted by Crippen LogP contribution is 2.36. The molecule has 2 amide bonds. The van der Waals surface area contributed by atoms with Gasteiger partial charge in [0.25, 0.3) is 0 Å². The second-order valence-electron chi connectivity index (χ2n) is 9.51. The zero-order valence-corrected chi connectivity index (χ0v) is 18.7. The molecule has 2 aliphatic rings. The van der Waals surface area contributed by atoms with Crippen LogP contribution in [0.15, 0.2) is 18.2 Å². The van der Waals surface area contributed by atoms with Gasteiger partial charge >= 0.3 is 6.09 Å². The molecule has 1 heterocycles. The Morgan fingerprint density at radius 3 is 2.65 bits per heavy atom. The van der Waals surface area contributed by atoms with Crippen molar-refractivity contribution in [2.75, 3.05) is 19.0 Å². The molecule has 2 fully saturated rings. The van der Waals surface area contributed by atoms with Crippen LogP contribution in [0.3, 0.4) is 0 Å². The van der Waals surface area contributed by atoms with Crippen molar-refractivity contribution in [2.45, 2.75) is 76.7 Å². The van der Waals surface area contributed by atoms with Gasteiger partial charge in [-0.2, -0.15) is 0 Å². The number of halogens is 1. The van der Waals surface area contributed by atoms with Crippen LogP contribution in [0.2, 0.25) is 0 Å². The minimum absolute atomic E-state index is 0.0158. The normalized spacial score (nSPS) is 22.3. The molecule has 8 heteroatoms. The number of likely N-dealkylation sites (tertiary alicyclic amines) is 1. The van der Waals surface area contributed by atoms with Crippen molar-refractivity contribution in [3.8, 4) is 0 Å². The van der Waals surface area contributed by atoms with Crippen molar-refractivity contribution in [1.82, 2.24) is 4.90 Å². The molecule has 2 N–H and O–H groups in total. The van der Waals surface area contributed by atoms with E-state index in [9.17, 15) is 19.1 Å². The summed E-state index contributed by atoms with van der Waals surface area (Å²) in [6, 6.07) is 3.39. The standard InChI is InChI=1S/C23H33FN2O5/c1-23(2,3)31-22(29)26-13-16(30-4)12-19(26)21(28)25-18-11-15(8-9-17(18)24)20(27)10-7-14-5-6-14/h8-9,11,14,16,19-20,27H,5-7,10,12-13H2,1-4H3,(H,25,28)/t16-,19-,20-/m1/s1. The number of methoxy groups -OCH3 is 1. The lowest BCUT2D eigenvalue weighted by Crippen LogP contribution is -2.45. The van der Waals surface area contributed by atoms with E-state index in [4.69, 9.17) is 9.47 Å². The number of rotatable bonds is 7. The van der Waals surface area contributed by atoms with E-state index < -0.39 is 35.6 Å². The number of hydrogen-bond acceptors (Lipinski definition) is 5. The van der Waals surface area contributed by atoms with E-state index in [1.807, 2.05) is 0 Å². The van der Waals surface area contributed by atoms with Crippen molar-refractivity contribution in [3.63, 3.8) is 0 Å². The zero-order chi connectivity index (χ0) is 22.8. The van der Waals surface area contributed by atoms with Crippen LogP contribution in [-0.2, 0) is 14.3 Å². The summed E-state index contributed by atoms with van der Waals surface area (Å²) in [6.07, 6.45) is 2.59. The molecule has 31 heavy (non-hydrogen) atoms. The van der Waals surface area contributed by atoms with Gasteiger partial charge < -0.3 is 19.9 Å². The lowest BCUT2D eigenvalue weighted by atomic mass is 10.0. The first-order valence-electron chi connectivity index (χ1n) is 10.9. The molecule has 0 bridgehead atoms. The molecule has 0 radical (unpaired) electrons. The summed E-state index contributed by atoms with van der Waals surface area (Å²) < 4.78 is 25.2. The Labute approximate surface area is 182 Å². The van der Waals surface area contributed by atoms with E-state index in [0.29, 0.717) is 17.9 Å². The van der Waals surface area contributed by atoms with Gasteiger partial charge in [-0.05, 0) is 57.2 Å². The van der Waals surface area contributed by atoms with Crippen molar-refractivity contribution >= 4 is 17.7 Å². The van der Waals surface area contributed by atoms with Crippen LogP contribution < -0.4 is 5.32 Å². The molecule has 1 aromatic carbocycles. The Bertz CT molecular complexity index is 806. The molecule has 1 aliphatic heterocycles. The van der Waals surface area contributed by atoms with Crippen molar-refractivity contribution in [3.05, 3.63) is 29.6 Å². The smallest absolute Gasteiger partial charge is 0.411 e. The number of carbonyl (C=O) groups excluding carboxylic acids is 2. The van der Waals surface area contributed by atoms with Crippen molar-refractivity contribution in [2.24, 2.45) is 5.92 Å². The summed E-state index contributed by atoms with van der Waals surface area (Å²) >= 11 is 0. The third kappa shape index (κ3) is 6.40. The largest absolute Gasteiger partial charge is 0.444 e. The van der Waals surface area contributed by atoms with Gasteiger partial charge in [0.1, 0.15) is 17.5 Å². The number of carbonyl (C=O) groups is 2. The zero-order valence-electron chi connectivity index (χ0n) is 18.7. The number of benzene rings is 1. The van der Waals surface area contributed by atoms with Gasteiger partial charge in [0.05, 0.1) is 24.4 Å². The molecule has 1 saturated heterocycles. The molecule has 0 spiro atoms. The first-order chi connectivity index (χ1) is 14.6. The van der Waals surface area contributed by atoms with E-state index in [0.717, 1.165) is 6.42 Å². The lowest BCUT2D eigenvalue weighted by molar-refractivity contribution is -0.120. The summed E-state index contributed by atoms with van der Waals surface area (Å²) in [6.45, 7) is 5.46. The average molecular weight is 437 g/mol. The summed E-state index contributed by atoms with van der Waals surface area (Å²) in [5, 5.41) is 13.0. The van der Waals surface area contributed by atoms with Crippen LogP contribution in [-0.4, -0.2) is 53.4 Å². The molecule has 3 atom stereocenters. The Hall–Kier alpha value is -2.19. The fourth-order valence-electron chi connectivity index (χ4n) is 3.77. The summed E-state index contributed by atoms with van der Waals surface area (Å²) in [5.41, 5.74) is -0.166. The second-order valence-corrected chi connectivity index (χ2v) is 9.51. The summed E-state index contributed by atoms with van der Waals surface area (Å²) in [4.78, 5) is 26.9. The van der Waals surface area contributed by atoms with Gasteiger partial charge in [-0.15, -0.1) is 0 Å². The average Bonchev–Trinajstić information content (AvgIpc) is 3.42. The van der Waals surface area contributed by atoms with Crippen LogP contribution in [0.25, 0.3) is 0 Å². The quantitative estimate of drug-likeness (QED) is 0.674. The Balaban J connectivity index is 1.70. The molecule has 0 unspecified atom stereocenters. The molecular weight excluding hydrogens is 403 g/mol. The Kier molecular flexibility index (Phi) is 7.21. The Morgan fingerprint density at radius 2 is 2.03 bits per heavy atom. The van der Waals surface area contributed by atoms with Crippen LogP contribution in [0, 0.1) is 11.7 Å². The molecular formula is C23H33FN2O5. The number of aliphatic hydroxyl groups is 1. The topological polar surface area (TPSA) is 88.1 Å². The number of amides is 2. The third-order valence-corrected chi connectivity index (χ3v) is 5.71. The highest BCUT2D eigenvalue weighted by molar-refractivity contribution is 5.97. The van der Waals surface area contributed by atoms with E-state index in [-0.39, 0.29) is 24.8 Å². The SMILES string of the molecule is CO[C@@H]1C[C@H](C(=O)Nc2cc([C@H](O)CCC3CC3)ccc2F)N(C(=O)OC(C)(C)C)C1. The van der Waals surface area contributed by atoms with E-state index >= 15 is 0 Å². The number of nitrogens with one attached hydrogen (secondary N) is 1. The predicted octanol–water partition coefficient (Wildman–Crippen LogP) is 4.01. The Morgan fingerprint density at radius 1 is 1.32 bits per heavy atom. The maximum absolute atomic E-state index is 14.4. The highest BCUT2D eigenvalue weighted by atomic mass is 19.1. The molecule has 0 aromatic heterocycles. The molecule has 7 nitrogen and oxygen atoms in total. The monoisotopic (exact) mass is 436 g/mol. The fourth-order valence-corrected chi connectivity index (χ4v) is 3.77. The number of nitrogens with zero attached hydrogens (tertiary/aromatic N) is 1. The lowest BCUT2D eigenvalue weighted by Gasteiger charge is -2.28. The highest BCUT2D eigenvalue weighted by Gasteiger charge is 2.42. The molecule has 1 aromatic rings. The van der Waals surface area contributed by atoms with Crippen LogP contribution >= 0.6 is 0 Å². The summed E-state index contributed by atoms with van der Waals surface area (Å²) in [5.74, 6) is -0.435. The number of hydrogen-bond donors (Lipinski definition) is 2.